The molecule has 0 aliphatic carbocycles. The molecule has 0 bridgehead atoms. The molecule has 0 radical (unpaired) electrons. The second-order valence-corrected chi connectivity index (χ2v) is 8.48. The monoisotopic (exact) mass is 344 g/mol. The number of fused-ring (bicyclic) bond motifs is 1. The third-order valence-corrected chi connectivity index (χ3v) is 5.16. The summed E-state index contributed by atoms with van der Waals surface area (Å²) in [6, 6.07) is 12.1. The van der Waals surface area contributed by atoms with E-state index in [2.05, 4.69) is 30.5 Å². The Labute approximate surface area is 141 Å². The van der Waals surface area contributed by atoms with E-state index in [1.807, 2.05) is 12.1 Å². The van der Waals surface area contributed by atoms with Crippen LogP contribution in [0.3, 0.4) is 0 Å². The van der Waals surface area contributed by atoms with Gasteiger partial charge in [-0.2, -0.15) is 0 Å². The number of benzene rings is 2. The zero-order chi connectivity index (χ0) is 17.5. The van der Waals surface area contributed by atoms with Crippen molar-refractivity contribution in [2.45, 2.75) is 38.0 Å². The average Bonchev–Trinajstić information content (AvgIpc) is 2.85. The maximum atomic E-state index is 12.6. The molecule has 3 aromatic rings. The van der Waals surface area contributed by atoms with Gasteiger partial charge in [0.1, 0.15) is 5.52 Å². The molecule has 0 fully saturated rings. The molecule has 24 heavy (non-hydrogen) atoms. The third kappa shape index (κ3) is 3.28. The number of hydrogen-bond donors (Lipinski definition) is 1. The largest absolute Gasteiger partial charge is 0.441 e. The molecular weight excluding hydrogens is 324 g/mol. The van der Waals surface area contributed by atoms with Crippen molar-refractivity contribution in [1.82, 2.24) is 4.98 Å². The minimum absolute atomic E-state index is 0.0211. The molecule has 6 heteroatoms. The second-order valence-electron chi connectivity index (χ2n) is 6.80. The van der Waals surface area contributed by atoms with E-state index in [-0.39, 0.29) is 10.3 Å². The van der Waals surface area contributed by atoms with Crippen LogP contribution in [0, 0.1) is 6.92 Å². The van der Waals surface area contributed by atoms with Crippen LogP contribution in [-0.2, 0) is 15.4 Å². The summed E-state index contributed by atoms with van der Waals surface area (Å²) in [6.45, 7) is 8.06. The minimum Gasteiger partial charge on any atom is -0.441 e. The molecule has 0 aliphatic rings. The smallest absolute Gasteiger partial charge is 0.261 e. The highest BCUT2D eigenvalue weighted by molar-refractivity contribution is 7.92. The van der Waals surface area contributed by atoms with Crippen molar-refractivity contribution in [3.8, 4) is 0 Å². The fourth-order valence-corrected chi connectivity index (χ4v) is 3.52. The first-order chi connectivity index (χ1) is 11.1. The lowest BCUT2D eigenvalue weighted by atomic mass is 9.87. The Morgan fingerprint density at radius 3 is 2.33 bits per heavy atom. The van der Waals surface area contributed by atoms with Crippen LogP contribution in [-0.4, -0.2) is 13.4 Å². The number of anilines is 1. The number of aryl methyl sites for hydroxylation is 1. The van der Waals surface area contributed by atoms with E-state index in [9.17, 15) is 8.42 Å². The van der Waals surface area contributed by atoms with Gasteiger partial charge < -0.3 is 4.42 Å². The van der Waals surface area contributed by atoms with Gasteiger partial charge in [-0.1, -0.05) is 32.9 Å². The number of rotatable bonds is 3. The highest BCUT2D eigenvalue weighted by atomic mass is 32.2. The first kappa shape index (κ1) is 16.5. The molecule has 0 saturated carbocycles. The molecule has 0 aliphatic heterocycles. The second kappa shape index (κ2) is 5.63. The molecule has 0 unspecified atom stereocenters. The standard InChI is InChI=1S/C18H20N2O3S/c1-12-19-16-11-15(9-10-17(16)23-12)24(21,22)20-14-7-5-13(6-8-14)18(2,3)4/h5-11,20H,1-4H3. The quantitative estimate of drug-likeness (QED) is 0.771. The Morgan fingerprint density at radius 2 is 1.71 bits per heavy atom. The molecule has 0 amide bonds. The van der Waals surface area contributed by atoms with Crippen molar-refractivity contribution in [2.24, 2.45) is 0 Å². The lowest BCUT2D eigenvalue weighted by Gasteiger charge is -2.19. The molecule has 0 saturated heterocycles. The van der Waals surface area contributed by atoms with Gasteiger partial charge in [0, 0.05) is 12.6 Å². The fourth-order valence-electron chi connectivity index (χ4n) is 2.44. The van der Waals surface area contributed by atoms with Gasteiger partial charge in [0.15, 0.2) is 11.5 Å². The van der Waals surface area contributed by atoms with Gasteiger partial charge >= 0.3 is 0 Å². The predicted molar refractivity (Wildman–Crippen MR) is 94.7 cm³/mol. The molecule has 1 N–H and O–H groups in total. The van der Waals surface area contributed by atoms with Crippen molar-refractivity contribution < 1.29 is 12.8 Å². The van der Waals surface area contributed by atoms with Crippen molar-refractivity contribution >= 4 is 26.8 Å². The van der Waals surface area contributed by atoms with Crippen LogP contribution in [0.4, 0.5) is 5.69 Å². The molecule has 2 aromatic carbocycles. The summed E-state index contributed by atoms with van der Waals surface area (Å²) in [5, 5.41) is 0. The van der Waals surface area contributed by atoms with Gasteiger partial charge in [0.05, 0.1) is 4.90 Å². The van der Waals surface area contributed by atoms with Gasteiger partial charge in [-0.15, -0.1) is 0 Å². The summed E-state index contributed by atoms with van der Waals surface area (Å²) in [5.74, 6) is 0.505. The van der Waals surface area contributed by atoms with Crippen LogP contribution in [0.5, 0.6) is 0 Å². The SMILES string of the molecule is Cc1nc2cc(S(=O)(=O)Nc3ccc(C(C)(C)C)cc3)ccc2o1. The van der Waals surface area contributed by atoms with Crippen LogP contribution in [0.25, 0.3) is 11.1 Å². The number of oxazole rings is 1. The number of nitrogens with zero attached hydrogens (tertiary/aromatic N) is 1. The molecule has 5 nitrogen and oxygen atoms in total. The Bertz CT molecular complexity index is 981. The van der Waals surface area contributed by atoms with E-state index >= 15 is 0 Å². The fraction of sp³-hybridized carbons (Fsp3) is 0.278. The summed E-state index contributed by atoms with van der Waals surface area (Å²) in [5.41, 5.74) is 2.79. The lowest BCUT2D eigenvalue weighted by molar-refractivity contribution is 0.561. The van der Waals surface area contributed by atoms with E-state index in [1.165, 1.54) is 12.1 Å². The Hall–Kier alpha value is -2.34. The zero-order valence-corrected chi connectivity index (χ0v) is 14.9. The summed E-state index contributed by atoms with van der Waals surface area (Å²) < 4.78 is 33.1. The van der Waals surface area contributed by atoms with Crippen LogP contribution >= 0.6 is 0 Å². The van der Waals surface area contributed by atoms with Crippen LogP contribution in [0.15, 0.2) is 51.8 Å². The van der Waals surface area contributed by atoms with E-state index < -0.39 is 10.0 Å². The number of aromatic nitrogens is 1. The maximum absolute atomic E-state index is 12.6. The Balaban J connectivity index is 1.89. The molecule has 3 rings (SSSR count). The average molecular weight is 344 g/mol. The highest BCUT2D eigenvalue weighted by Gasteiger charge is 2.17. The zero-order valence-electron chi connectivity index (χ0n) is 14.1. The van der Waals surface area contributed by atoms with Gasteiger partial charge in [-0.25, -0.2) is 13.4 Å². The van der Waals surface area contributed by atoms with E-state index in [1.54, 1.807) is 25.1 Å². The van der Waals surface area contributed by atoms with Crippen molar-refractivity contribution in [1.29, 1.82) is 0 Å². The number of hydrogen-bond acceptors (Lipinski definition) is 4. The van der Waals surface area contributed by atoms with Crippen molar-refractivity contribution in [2.75, 3.05) is 4.72 Å². The maximum Gasteiger partial charge on any atom is 0.261 e. The topological polar surface area (TPSA) is 72.2 Å². The van der Waals surface area contributed by atoms with Gasteiger partial charge in [-0.05, 0) is 41.3 Å². The molecular formula is C18H20N2O3S. The normalized spacial score (nSPS) is 12.5. The Kier molecular flexibility index (Phi) is 3.87. The first-order valence-electron chi connectivity index (χ1n) is 7.66. The van der Waals surface area contributed by atoms with E-state index in [4.69, 9.17) is 4.42 Å². The third-order valence-electron chi connectivity index (χ3n) is 3.78. The molecule has 126 valence electrons. The predicted octanol–water partition coefficient (Wildman–Crippen LogP) is 4.23. The summed E-state index contributed by atoms with van der Waals surface area (Å²) in [7, 11) is -3.68. The number of sulfonamides is 1. The summed E-state index contributed by atoms with van der Waals surface area (Å²) in [6.07, 6.45) is 0. The summed E-state index contributed by atoms with van der Waals surface area (Å²) >= 11 is 0. The highest BCUT2D eigenvalue weighted by Crippen LogP contribution is 2.25. The van der Waals surface area contributed by atoms with Gasteiger partial charge in [-0.3, -0.25) is 4.72 Å². The van der Waals surface area contributed by atoms with Crippen LogP contribution < -0.4 is 4.72 Å². The summed E-state index contributed by atoms with van der Waals surface area (Å²) in [4.78, 5) is 4.33. The Morgan fingerprint density at radius 1 is 1.04 bits per heavy atom. The van der Waals surface area contributed by atoms with Crippen LogP contribution in [0.1, 0.15) is 32.2 Å². The van der Waals surface area contributed by atoms with Crippen molar-refractivity contribution in [3.63, 3.8) is 0 Å². The van der Waals surface area contributed by atoms with E-state index in [0.29, 0.717) is 22.7 Å². The van der Waals surface area contributed by atoms with Gasteiger partial charge in [0.2, 0.25) is 0 Å². The molecule has 0 atom stereocenters. The molecule has 0 spiro atoms. The number of nitrogens with one attached hydrogen (secondary N) is 1. The lowest BCUT2D eigenvalue weighted by Crippen LogP contribution is -2.14. The van der Waals surface area contributed by atoms with E-state index in [0.717, 1.165) is 5.56 Å². The minimum atomic E-state index is -3.68. The molecule has 1 aromatic heterocycles. The van der Waals surface area contributed by atoms with Crippen LogP contribution in [0.2, 0.25) is 0 Å². The van der Waals surface area contributed by atoms with Gasteiger partial charge in [0.25, 0.3) is 10.0 Å². The van der Waals surface area contributed by atoms with Crippen molar-refractivity contribution in [3.05, 3.63) is 53.9 Å². The first-order valence-corrected chi connectivity index (χ1v) is 9.14. The molecule has 1 heterocycles.